The quantitative estimate of drug-likeness (QED) is 0.814. The van der Waals surface area contributed by atoms with Gasteiger partial charge in [-0.1, -0.05) is 13.8 Å². The predicted octanol–water partition coefficient (Wildman–Crippen LogP) is 3.28. The summed E-state index contributed by atoms with van der Waals surface area (Å²) < 4.78 is 5.31. The maximum atomic E-state index is 11.9. The van der Waals surface area contributed by atoms with E-state index in [1.807, 2.05) is 20.8 Å². The van der Waals surface area contributed by atoms with Gasteiger partial charge in [-0.05, 0) is 39.8 Å². The molecule has 0 saturated carbocycles. The Morgan fingerprint density at radius 1 is 1.25 bits per heavy atom. The zero-order chi connectivity index (χ0) is 15.8. The predicted molar refractivity (Wildman–Crippen MR) is 82.2 cm³/mol. The molecule has 0 aliphatic rings. The van der Waals surface area contributed by atoms with Gasteiger partial charge in [0.25, 0.3) is 0 Å². The van der Waals surface area contributed by atoms with Crippen LogP contribution in [0.2, 0.25) is 0 Å². The van der Waals surface area contributed by atoms with Crippen LogP contribution in [-0.2, 0) is 0 Å². The standard InChI is InChI=1S/C14H23NO3.C2H6/c1-11-5-6-13(18-11)12(17)7-8-15(9-10-16)14(2,3)4;1-2/h5-6,16H,7-10H2,1-4H3;1-2H3. The highest BCUT2D eigenvalue weighted by Crippen LogP contribution is 2.15. The molecule has 4 nitrogen and oxygen atoms in total. The maximum absolute atomic E-state index is 11.9. The molecule has 0 radical (unpaired) electrons. The lowest BCUT2D eigenvalue weighted by Crippen LogP contribution is -2.44. The number of nitrogens with zero attached hydrogens (tertiary/aromatic N) is 1. The van der Waals surface area contributed by atoms with Crippen LogP contribution in [0.3, 0.4) is 0 Å². The van der Waals surface area contributed by atoms with Crippen LogP contribution in [-0.4, -0.2) is 41.0 Å². The molecule has 4 heteroatoms. The molecule has 0 unspecified atom stereocenters. The Morgan fingerprint density at radius 2 is 1.85 bits per heavy atom. The molecule has 1 N–H and O–H groups in total. The van der Waals surface area contributed by atoms with Crippen LogP contribution in [0, 0.1) is 6.92 Å². The summed E-state index contributed by atoms with van der Waals surface area (Å²) in [6.45, 7) is 13.4. The van der Waals surface area contributed by atoms with Crippen LogP contribution >= 0.6 is 0 Å². The summed E-state index contributed by atoms with van der Waals surface area (Å²) in [5, 5.41) is 9.04. The van der Waals surface area contributed by atoms with E-state index in [9.17, 15) is 4.79 Å². The van der Waals surface area contributed by atoms with Crippen molar-refractivity contribution in [1.82, 2.24) is 4.90 Å². The van der Waals surface area contributed by atoms with Gasteiger partial charge in [-0.2, -0.15) is 0 Å². The minimum Gasteiger partial charge on any atom is -0.458 e. The minimum atomic E-state index is -0.0535. The fraction of sp³-hybridized carbons (Fsp3) is 0.688. The molecule has 20 heavy (non-hydrogen) atoms. The van der Waals surface area contributed by atoms with Crippen LogP contribution in [0.15, 0.2) is 16.5 Å². The van der Waals surface area contributed by atoms with E-state index in [1.54, 1.807) is 12.1 Å². The molecule has 0 atom stereocenters. The second kappa shape index (κ2) is 8.93. The van der Waals surface area contributed by atoms with Crippen molar-refractivity contribution in [2.75, 3.05) is 19.7 Å². The fourth-order valence-electron chi connectivity index (χ4n) is 1.85. The summed E-state index contributed by atoms with van der Waals surface area (Å²) in [7, 11) is 0. The highest BCUT2D eigenvalue weighted by molar-refractivity contribution is 5.93. The summed E-state index contributed by atoms with van der Waals surface area (Å²) in [4.78, 5) is 14.0. The zero-order valence-electron chi connectivity index (χ0n) is 13.7. The number of aliphatic hydroxyl groups is 1. The SMILES string of the molecule is CC.Cc1ccc(C(=O)CCN(CCO)C(C)(C)C)o1. The maximum Gasteiger partial charge on any atom is 0.199 e. The van der Waals surface area contributed by atoms with Gasteiger partial charge in [0, 0.05) is 25.0 Å². The number of aliphatic hydroxyl groups excluding tert-OH is 1. The van der Waals surface area contributed by atoms with Gasteiger partial charge in [-0.15, -0.1) is 0 Å². The van der Waals surface area contributed by atoms with Crippen molar-refractivity contribution in [3.05, 3.63) is 23.7 Å². The second-order valence-electron chi connectivity index (χ2n) is 5.46. The van der Waals surface area contributed by atoms with E-state index < -0.39 is 0 Å². The number of furan rings is 1. The molecule has 0 spiro atoms. The summed E-state index contributed by atoms with van der Waals surface area (Å²) in [6.07, 6.45) is 0.407. The van der Waals surface area contributed by atoms with Crippen molar-refractivity contribution in [3.63, 3.8) is 0 Å². The minimum absolute atomic E-state index is 0.00953. The number of Topliss-reactive ketones (excluding diaryl/α,β-unsaturated/α-hetero) is 1. The number of ketones is 1. The first-order valence-corrected chi connectivity index (χ1v) is 7.30. The number of β-amino-alcohol motifs (C(OH)–C–C–N with tert-alkyl or cyclic N) is 1. The van der Waals surface area contributed by atoms with E-state index in [1.165, 1.54) is 0 Å². The van der Waals surface area contributed by atoms with Crippen molar-refractivity contribution in [2.24, 2.45) is 0 Å². The summed E-state index contributed by atoms with van der Waals surface area (Å²) in [5.74, 6) is 1.18. The van der Waals surface area contributed by atoms with Crippen molar-refractivity contribution >= 4 is 5.78 Å². The molecular weight excluding hydrogens is 254 g/mol. The largest absolute Gasteiger partial charge is 0.458 e. The third-order valence-electron chi connectivity index (χ3n) is 2.94. The van der Waals surface area contributed by atoms with E-state index in [2.05, 4.69) is 25.7 Å². The van der Waals surface area contributed by atoms with Crippen molar-refractivity contribution < 1.29 is 14.3 Å². The summed E-state index contributed by atoms with van der Waals surface area (Å²) in [5.41, 5.74) is -0.0535. The highest BCUT2D eigenvalue weighted by atomic mass is 16.3. The third-order valence-corrected chi connectivity index (χ3v) is 2.94. The molecule has 116 valence electrons. The van der Waals surface area contributed by atoms with Gasteiger partial charge in [0.15, 0.2) is 11.5 Å². The molecule has 0 amide bonds. The number of carbonyl (C=O) groups excluding carboxylic acids is 1. The monoisotopic (exact) mass is 283 g/mol. The Balaban J connectivity index is 0.00000172. The Bertz CT molecular complexity index is 391. The summed E-state index contributed by atoms with van der Waals surface area (Å²) >= 11 is 0. The number of aryl methyl sites for hydroxylation is 1. The van der Waals surface area contributed by atoms with E-state index in [0.29, 0.717) is 25.3 Å². The van der Waals surface area contributed by atoms with Crippen LogP contribution in [0.5, 0.6) is 0 Å². The van der Waals surface area contributed by atoms with Gasteiger partial charge in [0.2, 0.25) is 0 Å². The number of carbonyl (C=O) groups is 1. The van der Waals surface area contributed by atoms with Gasteiger partial charge in [0.1, 0.15) is 5.76 Å². The van der Waals surface area contributed by atoms with Gasteiger partial charge in [-0.3, -0.25) is 9.69 Å². The van der Waals surface area contributed by atoms with Gasteiger partial charge < -0.3 is 9.52 Å². The van der Waals surface area contributed by atoms with Crippen LogP contribution in [0.1, 0.15) is 57.4 Å². The Hall–Kier alpha value is -1.13. The fourth-order valence-corrected chi connectivity index (χ4v) is 1.85. The molecule has 0 fully saturated rings. The molecule has 1 rings (SSSR count). The number of rotatable bonds is 6. The average Bonchev–Trinajstić information content (AvgIpc) is 2.82. The first-order valence-electron chi connectivity index (χ1n) is 7.30. The molecule has 0 aliphatic carbocycles. The van der Waals surface area contributed by atoms with Gasteiger partial charge in [-0.25, -0.2) is 0 Å². The second-order valence-corrected chi connectivity index (χ2v) is 5.46. The lowest BCUT2D eigenvalue weighted by molar-refractivity contribution is 0.0832. The Kier molecular flexibility index (Phi) is 8.42. The first-order chi connectivity index (χ1) is 9.34. The normalized spacial score (nSPS) is 11.2. The Labute approximate surface area is 122 Å². The topological polar surface area (TPSA) is 53.7 Å². The Morgan fingerprint density at radius 3 is 2.25 bits per heavy atom. The lowest BCUT2D eigenvalue weighted by Gasteiger charge is -2.34. The van der Waals surface area contributed by atoms with Crippen molar-refractivity contribution in [1.29, 1.82) is 0 Å². The highest BCUT2D eigenvalue weighted by Gasteiger charge is 2.22. The van der Waals surface area contributed by atoms with Gasteiger partial charge >= 0.3 is 0 Å². The van der Waals surface area contributed by atoms with E-state index in [0.717, 1.165) is 5.76 Å². The van der Waals surface area contributed by atoms with Gasteiger partial charge in [0.05, 0.1) is 6.61 Å². The van der Waals surface area contributed by atoms with E-state index >= 15 is 0 Å². The lowest BCUT2D eigenvalue weighted by atomic mass is 10.1. The average molecular weight is 283 g/mol. The summed E-state index contributed by atoms with van der Waals surface area (Å²) in [6, 6.07) is 3.51. The van der Waals surface area contributed by atoms with Crippen LogP contribution < -0.4 is 0 Å². The first kappa shape index (κ1) is 18.9. The molecule has 1 aromatic heterocycles. The van der Waals surface area contributed by atoms with E-state index in [-0.39, 0.29) is 17.9 Å². The molecule has 0 aliphatic heterocycles. The third kappa shape index (κ3) is 6.35. The molecule has 0 aromatic carbocycles. The van der Waals surface area contributed by atoms with Crippen LogP contribution in [0.4, 0.5) is 0 Å². The number of hydrogen-bond acceptors (Lipinski definition) is 4. The van der Waals surface area contributed by atoms with Crippen molar-refractivity contribution in [3.8, 4) is 0 Å². The van der Waals surface area contributed by atoms with Crippen molar-refractivity contribution in [2.45, 2.75) is 53.5 Å². The molecule has 0 bridgehead atoms. The van der Waals surface area contributed by atoms with Crippen LogP contribution in [0.25, 0.3) is 0 Å². The van der Waals surface area contributed by atoms with E-state index in [4.69, 9.17) is 9.52 Å². The smallest absolute Gasteiger partial charge is 0.199 e. The molecular formula is C16H29NO3. The molecule has 1 aromatic rings. The number of hydrogen-bond donors (Lipinski definition) is 1. The zero-order valence-corrected chi connectivity index (χ0v) is 13.7. The molecule has 1 heterocycles. The molecule has 0 saturated heterocycles.